The minimum atomic E-state index is -3.92. The van der Waals surface area contributed by atoms with Crippen LogP contribution in [-0.2, 0) is 24.8 Å². The molecule has 0 aromatic heterocycles. The summed E-state index contributed by atoms with van der Waals surface area (Å²) >= 11 is 0. The van der Waals surface area contributed by atoms with Gasteiger partial charge in [-0.25, -0.2) is 16.8 Å². The standard InChI is InChI=1S/C5H12N2O5S2/c1-5(8)7(14(4,11)12)6(2)13(3,9)10/h1-4H3. The van der Waals surface area contributed by atoms with Gasteiger partial charge < -0.3 is 0 Å². The molecule has 0 bridgehead atoms. The molecule has 0 N–H and O–H groups in total. The molecule has 0 saturated carbocycles. The van der Waals surface area contributed by atoms with Crippen LogP contribution in [0.4, 0.5) is 0 Å². The molecule has 0 aliphatic carbocycles. The van der Waals surface area contributed by atoms with E-state index in [1.54, 1.807) is 0 Å². The fourth-order valence-corrected chi connectivity index (χ4v) is 2.77. The molecule has 9 heteroatoms. The van der Waals surface area contributed by atoms with Crippen molar-refractivity contribution in [3.8, 4) is 0 Å². The Bertz CT molecular complexity index is 423. The molecule has 0 aromatic carbocycles. The van der Waals surface area contributed by atoms with Gasteiger partial charge in [0, 0.05) is 14.0 Å². The third-order valence-electron chi connectivity index (χ3n) is 1.32. The Morgan fingerprint density at radius 3 is 1.43 bits per heavy atom. The fourth-order valence-electron chi connectivity index (χ4n) is 0.775. The third kappa shape index (κ3) is 3.24. The molecular formula is C5H12N2O5S2. The molecule has 0 heterocycles. The Morgan fingerprint density at radius 1 is 1.00 bits per heavy atom. The summed E-state index contributed by atoms with van der Waals surface area (Å²) in [4.78, 5) is 10.9. The van der Waals surface area contributed by atoms with Crippen LogP contribution < -0.4 is 0 Å². The lowest BCUT2D eigenvalue weighted by Crippen LogP contribution is -2.48. The normalized spacial score (nSPS) is 12.9. The molecule has 0 atom stereocenters. The van der Waals surface area contributed by atoms with E-state index in [9.17, 15) is 21.6 Å². The maximum atomic E-state index is 11.1. The van der Waals surface area contributed by atoms with Gasteiger partial charge in [-0.15, -0.1) is 4.41 Å². The van der Waals surface area contributed by atoms with Crippen molar-refractivity contribution in [1.29, 1.82) is 0 Å². The summed E-state index contributed by atoms with van der Waals surface area (Å²) in [6, 6.07) is 0. The summed E-state index contributed by atoms with van der Waals surface area (Å²) in [7, 11) is -6.70. The molecule has 1 amide bonds. The van der Waals surface area contributed by atoms with Gasteiger partial charge in [0.05, 0.1) is 12.5 Å². The molecule has 0 rings (SSSR count). The first-order valence-electron chi connectivity index (χ1n) is 3.42. The van der Waals surface area contributed by atoms with E-state index >= 15 is 0 Å². The van der Waals surface area contributed by atoms with E-state index in [4.69, 9.17) is 0 Å². The van der Waals surface area contributed by atoms with Crippen LogP contribution >= 0.6 is 0 Å². The Morgan fingerprint density at radius 2 is 1.36 bits per heavy atom. The number of hydrogen-bond acceptors (Lipinski definition) is 5. The molecule has 0 spiro atoms. The number of hydrogen-bond donors (Lipinski definition) is 0. The van der Waals surface area contributed by atoms with Crippen molar-refractivity contribution < 1.29 is 21.6 Å². The molecule has 0 fully saturated rings. The Kier molecular flexibility index (Phi) is 3.65. The van der Waals surface area contributed by atoms with Gasteiger partial charge in [-0.2, -0.15) is 4.41 Å². The van der Waals surface area contributed by atoms with Crippen molar-refractivity contribution in [2.24, 2.45) is 0 Å². The fraction of sp³-hybridized carbons (Fsp3) is 0.800. The SMILES string of the molecule is CC(=O)N(N(C)S(C)(=O)=O)S(C)(=O)=O. The number of amides is 1. The highest BCUT2D eigenvalue weighted by Gasteiger charge is 2.30. The van der Waals surface area contributed by atoms with Crippen molar-refractivity contribution in [2.75, 3.05) is 19.6 Å². The number of nitrogens with zero attached hydrogens (tertiary/aromatic N) is 2. The van der Waals surface area contributed by atoms with Gasteiger partial charge in [0.15, 0.2) is 0 Å². The highest BCUT2D eigenvalue weighted by Crippen LogP contribution is 2.06. The summed E-state index contributed by atoms with van der Waals surface area (Å²) in [5, 5.41) is 0. The largest absolute Gasteiger partial charge is 0.273 e. The molecule has 0 saturated heterocycles. The third-order valence-corrected chi connectivity index (χ3v) is 3.68. The first kappa shape index (κ1) is 13.3. The van der Waals surface area contributed by atoms with Gasteiger partial charge in [-0.1, -0.05) is 0 Å². The quantitative estimate of drug-likeness (QED) is 0.569. The van der Waals surface area contributed by atoms with Crippen molar-refractivity contribution in [1.82, 2.24) is 8.83 Å². The second-order valence-corrected chi connectivity index (χ2v) is 6.53. The minimum Gasteiger partial charge on any atom is -0.273 e. The van der Waals surface area contributed by atoms with Crippen LogP contribution in [0.2, 0.25) is 0 Å². The van der Waals surface area contributed by atoms with Crippen LogP contribution in [0, 0.1) is 0 Å². The first-order chi connectivity index (χ1) is 5.98. The van der Waals surface area contributed by atoms with Crippen LogP contribution in [0.15, 0.2) is 0 Å². The molecule has 0 aromatic rings. The Labute approximate surface area is 83.4 Å². The lowest BCUT2D eigenvalue weighted by atomic mass is 10.8. The van der Waals surface area contributed by atoms with Gasteiger partial charge in [-0.3, -0.25) is 4.79 Å². The van der Waals surface area contributed by atoms with Gasteiger partial charge in [-0.05, 0) is 0 Å². The van der Waals surface area contributed by atoms with Gasteiger partial charge in [0.25, 0.3) is 0 Å². The molecule has 84 valence electrons. The van der Waals surface area contributed by atoms with E-state index in [0.29, 0.717) is 4.41 Å². The predicted molar refractivity (Wildman–Crippen MR) is 50.0 cm³/mol. The summed E-state index contributed by atoms with van der Waals surface area (Å²) in [6.07, 6.45) is 1.55. The second-order valence-electron chi connectivity index (χ2n) is 2.72. The van der Waals surface area contributed by atoms with Crippen molar-refractivity contribution in [3.63, 3.8) is 0 Å². The number of carbonyl (C=O) groups excluding carboxylic acids is 1. The smallest absolute Gasteiger partial charge is 0.249 e. The number of rotatable bonds is 3. The lowest BCUT2D eigenvalue weighted by Gasteiger charge is -2.26. The number of carbonyl (C=O) groups is 1. The first-order valence-corrected chi connectivity index (χ1v) is 7.12. The molecular weight excluding hydrogens is 232 g/mol. The molecule has 0 unspecified atom stereocenters. The van der Waals surface area contributed by atoms with E-state index in [2.05, 4.69) is 0 Å². The van der Waals surface area contributed by atoms with Gasteiger partial charge >= 0.3 is 0 Å². The number of sulfonamides is 2. The molecule has 14 heavy (non-hydrogen) atoms. The molecule has 7 nitrogen and oxygen atoms in total. The summed E-state index contributed by atoms with van der Waals surface area (Å²) in [5.41, 5.74) is 0. The van der Waals surface area contributed by atoms with Crippen LogP contribution in [-0.4, -0.2) is 51.1 Å². The van der Waals surface area contributed by atoms with Crippen molar-refractivity contribution in [2.45, 2.75) is 6.92 Å². The monoisotopic (exact) mass is 244 g/mol. The molecule has 0 aliphatic rings. The summed E-state index contributed by atoms with van der Waals surface area (Å²) in [5.74, 6) is -0.888. The maximum absolute atomic E-state index is 11.1. The van der Waals surface area contributed by atoms with E-state index in [0.717, 1.165) is 26.5 Å². The Balaban J connectivity index is 5.39. The zero-order valence-corrected chi connectivity index (χ0v) is 9.89. The minimum absolute atomic E-state index is 0.183. The summed E-state index contributed by atoms with van der Waals surface area (Å²) in [6.45, 7) is 0.961. The zero-order chi connectivity index (χ0) is 11.7. The van der Waals surface area contributed by atoms with E-state index in [1.807, 2.05) is 0 Å². The van der Waals surface area contributed by atoms with Crippen LogP contribution in [0.5, 0.6) is 0 Å². The predicted octanol–water partition coefficient (Wildman–Crippen LogP) is -1.40. The highest BCUT2D eigenvalue weighted by atomic mass is 32.2. The van der Waals surface area contributed by atoms with Gasteiger partial charge in [0.1, 0.15) is 0 Å². The van der Waals surface area contributed by atoms with Crippen LogP contribution in [0.25, 0.3) is 0 Å². The topological polar surface area (TPSA) is 91.8 Å². The van der Waals surface area contributed by atoms with Crippen LogP contribution in [0.1, 0.15) is 6.92 Å². The van der Waals surface area contributed by atoms with E-state index < -0.39 is 26.0 Å². The van der Waals surface area contributed by atoms with E-state index in [-0.39, 0.29) is 4.41 Å². The highest BCUT2D eigenvalue weighted by molar-refractivity contribution is 7.91. The zero-order valence-electron chi connectivity index (χ0n) is 8.25. The van der Waals surface area contributed by atoms with Crippen molar-refractivity contribution in [3.05, 3.63) is 0 Å². The Hall–Kier alpha value is -0.670. The lowest BCUT2D eigenvalue weighted by molar-refractivity contribution is -0.129. The second kappa shape index (κ2) is 3.83. The average Bonchev–Trinajstić information content (AvgIpc) is 1.79. The maximum Gasteiger partial charge on any atom is 0.249 e. The van der Waals surface area contributed by atoms with E-state index in [1.165, 1.54) is 0 Å². The molecule has 0 radical (unpaired) electrons. The van der Waals surface area contributed by atoms with Crippen LogP contribution in [0.3, 0.4) is 0 Å². The number of hydrazine groups is 1. The van der Waals surface area contributed by atoms with Crippen molar-refractivity contribution >= 4 is 26.0 Å². The summed E-state index contributed by atoms with van der Waals surface area (Å²) < 4.78 is 44.7. The average molecular weight is 244 g/mol. The van der Waals surface area contributed by atoms with Gasteiger partial charge in [0.2, 0.25) is 26.0 Å². The molecule has 0 aliphatic heterocycles.